The van der Waals surface area contributed by atoms with Crippen LogP contribution in [0.5, 0.6) is 5.75 Å². The Morgan fingerprint density at radius 3 is 3.11 bits per heavy atom. The fourth-order valence-electron chi connectivity index (χ4n) is 2.59. The average molecular weight is 294 g/mol. The van der Waals surface area contributed by atoms with Crippen molar-refractivity contribution in [1.29, 1.82) is 0 Å². The first-order valence-electron chi connectivity index (χ1n) is 6.45. The number of ether oxygens (including phenoxy) is 1. The van der Waals surface area contributed by atoms with Gasteiger partial charge in [0.25, 0.3) is 0 Å². The van der Waals surface area contributed by atoms with E-state index >= 15 is 0 Å². The van der Waals surface area contributed by atoms with E-state index < -0.39 is 0 Å². The molecule has 0 fully saturated rings. The van der Waals surface area contributed by atoms with Crippen LogP contribution < -0.4 is 10.1 Å². The van der Waals surface area contributed by atoms with Gasteiger partial charge in [0, 0.05) is 16.6 Å². The number of halogens is 1. The monoisotopic (exact) mass is 293 g/mol. The Morgan fingerprint density at radius 1 is 1.37 bits per heavy atom. The second-order valence-corrected chi connectivity index (χ2v) is 6.52. The molecule has 1 atom stereocenters. The summed E-state index contributed by atoms with van der Waals surface area (Å²) in [6, 6.07) is 10.5. The van der Waals surface area contributed by atoms with Gasteiger partial charge in [0.2, 0.25) is 0 Å². The van der Waals surface area contributed by atoms with Gasteiger partial charge < -0.3 is 10.1 Å². The van der Waals surface area contributed by atoms with E-state index in [-0.39, 0.29) is 0 Å². The van der Waals surface area contributed by atoms with Crippen LogP contribution in [0, 0.1) is 0 Å². The van der Waals surface area contributed by atoms with Crippen LogP contribution in [-0.2, 0) is 6.42 Å². The van der Waals surface area contributed by atoms with Crippen molar-refractivity contribution in [2.75, 3.05) is 12.4 Å². The van der Waals surface area contributed by atoms with Crippen LogP contribution >= 0.6 is 22.9 Å². The zero-order valence-corrected chi connectivity index (χ0v) is 12.4. The van der Waals surface area contributed by atoms with Crippen molar-refractivity contribution in [3.05, 3.63) is 45.1 Å². The van der Waals surface area contributed by atoms with Crippen LogP contribution in [0.25, 0.3) is 0 Å². The maximum absolute atomic E-state index is 6.14. The molecule has 4 heteroatoms. The zero-order chi connectivity index (χ0) is 13.2. The molecule has 1 aliphatic rings. The molecule has 0 aliphatic heterocycles. The Hall–Kier alpha value is -1.19. The predicted octanol–water partition coefficient (Wildman–Crippen LogP) is 4.90. The van der Waals surface area contributed by atoms with E-state index in [2.05, 4.69) is 17.4 Å². The number of fused-ring (bicyclic) bond motifs is 1. The summed E-state index contributed by atoms with van der Waals surface area (Å²) in [6.45, 7) is 0. The van der Waals surface area contributed by atoms with E-state index in [0.29, 0.717) is 6.04 Å². The number of anilines is 1. The SMILES string of the molecule is COc1cccc(NC2CCCc3sc(Cl)cc32)c1. The van der Waals surface area contributed by atoms with Gasteiger partial charge in [-0.1, -0.05) is 17.7 Å². The molecule has 2 nitrogen and oxygen atoms in total. The molecular formula is C15H16ClNOS. The van der Waals surface area contributed by atoms with E-state index in [1.54, 1.807) is 18.4 Å². The van der Waals surface area contributed by atoms with Crippen molar-refractivity contribution >= 4 is 28.6 Å². The minimum absolute atomic E-state index is 0.361. The maximum Gasteiger partial charge on any atom is 0.120 e. The largest absolute Gasteiger partial charge is 0.497 e. The number of benzene rings is 1. The van der Waals surface area contributed by atoms with Gasteiger partial charge in [0.15, 0.2) is 0 Å². The van der Waals surface area contributed by atoms with Crippen molar-refractivity contribution in [3.63, 3.8) is 0 Å². The topological polar surface area (TPSA) is 21.3 Å². The van der Waals surface area contributed by atoms with Crippen molar-refractivity contribution in [3.8, 4) is 5.75 Å². The third-order valence-corrected chi connectivity index (χ3v) is 4.83. The van der Waals surface area contributed by atoms with Gasteiger partial charge in [-0.05, 0) is 43.0 Å². The molecule has 1 aromatic carbocycles. The number of methoxy groups -OCH3 is 1. The molecule has 0 bridgehead atoms. The van der Waals surface area contributed by atoms with Crippen LogP contribution in [0.3, 0.4) is 0 Å². The van der Waals surface area contributed by atoms with E-state index in [0.717, 1.165) is 28.6 Å². The van der Waals surface area contributed by atoms with Crippen LogP contribution in [0.4, 0.5) is 5.69 Å². The highest BCUT2D eigenvalue weighted by atomic mass is 35.5. The first-order valence-corrected chi connectivity index (χ1v) is 7.64. The lowest BCUT2D eigenvalue weighted by Crippen LogP contribution is -2.15. The number of nitrogens with one attached hydrogen (secondary N) is 1. The Balaban J connectivity index is 1.83. The van der Waals surface area contributed by atoms with Crippen molar-refractivity contribution in [2.24, 2.45) is 0 Å². The third-order valence-electron chi connectivity index (χ3n) is 3.49. The second kappa shape index (κ2) is 5.43. The Morgan fingerprint density at radius 2 is 2.26 bits per heavy atom. The van der Waals surface area contributed by atoms with E-state index in [4.69, 9.17) is 16.3 Å². The predicted molar refractivity (Wildman–Crippen MR) is 81.6 cm³/mol. The molecule has 100 valence electrons. The summed E-state index contributed by atoms with van der Waals surface area (Å²) >= 11 is 7.85. The average Bonchev–Trinajstić information content (AvgIpc) is 2.80. The molecule has 0 spiro atoms. The van der Waals surface area contributed by atoms with Crippen LogP contribution in [0.1, 0.15) is 29.3 Å². The molecule has 0 radical (unpaired) electrons. The molecule has 0 saturated heterocycles. The molecule has 1 unspecified atom stereocenters. The van der Waals surface area contributed by atoms with Gasteiger partial charge in [0.1, 0.15) is 5.75 Å². The van der Waals surface area contributed by atoms with Gasteiger partial charge in [-0.3, -0.25) is 0 Å². The lowest BCUT2D eigenvalue weighted by Gasteiger charge is -2.24. The molecule has 2 aromatic rings. The summed E-state index contributed by atoms with van der Waals surface area (Å²) in [5.41, 5.74) is 2.46. The molecule has 1 heterocycles. The third kappa shape index (κ3) is 2.72. The normalized spacial score (nSPS) is 17.9. The molecule has 19 heavy (non-hydrogen) atoms. The smallest absolute Gasteiger partial charge is 0.120 e. The van der Waals surface area contributed by atoms with Crippen LogP contribution in [0.2, 0.25) is 4.34 Å². The molecule has 1 N–H and O–H groups in total. The summed E-state index contributed by atoms with van der Waals surface area (Å²) in [5.74, 6) is 0.879. The van der Waals surface area contributed by atoms with Crippen molar-refractivity contribution < 1.29 is 4.74 Å². The van der Waals surface area contributed by atoms with E-state index in [1.165, 1.54) is 16.9 Å². The van der Waals surface area contributed by atoms with Gasteiger partial charge in [0.05, 0.1) is 17.5 Å². The fraction of sp³-hybridized carbons (Fsp3) is 0.333. The van der Waals surface area contributed by atoms with Crippen LogP contribution in [0.15, 0.2) is 30.3 Å². The number of thiophene rings is 1. The Bertz CT molecular complexity index is 581. The first-order chi connectivity index (χ1) is 9.26. The fourth-order valence-corrected chi connectivity index (χ4v) is 3.97. The van der Waals surface area contributed by atoms with Gasteiger partial charge in [-0.2, -0.15) is 0 Å². The minimum Gasteiger partial charge on any atom is -0.497 e. The van der Waals surface area contributed by atoms with Gasteiger partial charge in [-0.25, -0.2) is 0 Å². The number of hydrogen-bond acceptors (Lipinski definition) is 3. The molecule has 0 saturated carbocycles. The van der Waals surface area contributed by atoms with Gasteiger partial charge in [-0.15, -0.1) is 11.3 Å². The second-order valence-electron chi connectivity index (χ2n) is 4.75. The zero-order valence-electron chi connectivity index (χ0n) is 10.8. The standard InChI is InChI=1S/C15H16ClNOS/c1-18-11-5-2-4-10(8-11)17-13-6-3-7-14-12(13)9-15(16)19-14/h2,4-5,8-9,13,17H,3,6-7H2,1H3. The molecular weight excluding hydrogens is 278 g/mol. The number of hydrogen-bond donors (Lipinski definition) is 1. The quantitative estimate of drug-likeness (QED) is 0.869. The molecule has 1 aliphatic carbocycles. The lowest BCUT2D eigenvalue weighted by atomic mass is 9.94. The number of aryl methyl sites for hydroxylation is 1. The highest BCUT2D eigenvalue weighted by Gasteiger charge is 2.22. The molecule has 1 aromatic heterocycles. The number of rotatable bonds is 3. The van der Waals surface area contributed by atoms with Crippen molar-refractivity contribution in [1.82, 2.24) is 0 Å². The summed E-state index contributed by atoms with van der Waals surface area (Å²) in [6.07, 6.45) is 3.52. The van der Waals surface area contributed by atoms with Gasteiger partial charge >= 0.3 is 0 Å². The molecule has 0 amide bonds. The highest BCUT2D eigenvalue weighted by molar-refractivity contribution is 7.16. The summed E-state index contributed by atoms with van der Waals surface area (Å²) < 4.78 is 6.15. The first kappa shape index (κ1) is 12.8. The van der Waals surface area contributed by atoms with Crippen molar-refractivity contribution in [2.45, 2.75) is 25.3 Å². The maximum atomic E-state index is 6.14. The van der Waals surface area contributed by atoms with E-state index in [1.807, 2.05) is 18.2 Å². The summed E-state index contributed by atoms with van der Waals surface area (Å²) in [4.78, 5) is 1.43. The lowest BCUT2D eigenvalue weighted by molar-refractivity contribution is 0.415. The Kier molecular flexibility index (Phi) is 3.67. The molecule has 3 rings (SSSR count). The van der Waals surface area contributed by atoms with E-state index in [9.17, 15) is 0 Å². The minimum atomic E-state index is 0.361. The highest BCUT2D eigenvalue weighted by Crippen LogP contribution is 2.39. The Labute approximate surface area is 122 Å². The summed E-state index contributed by atoms with van der Waals surface area (Å²) in [7, 11) is 1.69. The van der Waals surface area contributed by atoms with Crippen LogP contribution in [-0.4, -0.2) is 7.11 Å². The summed E-state index contributed by atoms with van der Waals surface area (Å²) in [5, 5.41) is 3.59.